The van der Waals surface area contributed by atoms with Crippen molar-refractivity contribution in [3.63, 3.8) is 0 Å². The van der Waals surface area contributed by atoms with Crippen molar-refractivity contribution >= 4 is 5.91 Å². The molecule has 3 rings (SSSR count). The molecule has 2 aromatic carbocycles. The number of hydrogen-bond acceptors (Lipinski definition) is 4. The molecule has 1 aliphatic carbocycles. The van der Waals surface area contributed by atoms with Crippen molar-refractivity contribution in [2.75, 3.05) is 20.2 Å². The van der Waals surface area contributed by atoms with E-state index in [1.54, 1.807) is 7.11 Å². The number of hydrogen-bond donors (Lipinski definition) is 1. The predicted molar refractivity (Wildman–Crippen MR) is 124 cm³/mol. The first-order valence-electron chi connectivity index (χ1n) is 11.2. The number of carbonyl (C=O) groups excluding carboxylic acids is 1. The maximum absolute atomic E-state index is 12.7. The van der Waals surface area contributed by atoms with Crippen molar-refractivity contribution in [3.8, 4) is 22.9 Å². The quantitative estimate of drug-likeness (QED) is 0.682. The third kappa shape index (κ3) is 4.91. The zero-order valence-corrected chi connectivity index (χ0v) is 18.9. The molecule has 0 radical (unpaired) electrons. The molecule has 0 heterocycles. The summed E-state index contributed by atoms with van der Waals surface area (Å²) in [5.41, 5.74) is 9.15. The van der Waals surface area contributed by atoms with Crippen LogP contribution in [0.15, 0.2) is 42.5 Å². The van der Waals surface area contributed by atoms with Crippen LogP contribution in [0.5, 0.6) is 5.75 Å². The van der Waals surface area contributed by atoms with Gasteiger partial charge < -0.3 is 15.4 Å². The predicted octanol–water partition coefficient (Wildman–Crippen LogP) is 4.53. The summed E-state index contributed by atoms with van der Waals surface area (Å²) in [5, 5.41) is 9.05. The summed E-state index contributed by atoms with van der Waals surface area (Å²) in [6.07, 6.45) is 4.16. The van der Waals surface area contributed by atoms with Gasteiger partial charge in [-0.05, 0) is 86.1 Å². The molecule has 0 unspecified atom stereocenters. The third-order valence-electron chi connectivity index (χ3n) is 6.92. The Balaban J connectivity index is 1.88. The van der Waals surface area contributed by atoms with Gasteiger partial charge in [-0.3, -0.25) is 4.79 Å². The Labute approximate surface area is 185 Å². The zero-order chi connectivity index (χ0) is 22.4. The second kappa shape index (κ2) is 9.98. The minimum atomic E-state index is -0.541. The van der Waals surface area contributed by atoms with Crippen LogP contribution in [0.2, 0.25) is 0 Å². The van der Waals surface area contributed by atoms with E-state index < -0.39 is 5.41 Å². The molecule has 2 aromatic rings. The number of methoxy groups -OCH3 is 1. The maximum Gasteiger partial charge on any atom is 0.223 e. The van der Waals surface area contributed by atoms with E-state index in [2.05, 4.69) is 30.9 Å². The summed E-state index contributed by atoms with van der Waals surface area (Å²) < 4.78 is 5.63. The molecule has 0 saturated heterocycles. The first kappa shape index (κ1) is 22.8. The average Bonchev–Trinajstić information content (AvgIpc) is 2.81. The molecule has 0 aromatic heterocycles. The van der Waals surface area contributed by atoms with E-state index >= 15 is 0 Å². The van der Waals surface area contributed by atoms with Gasteiger partial charge in [0.05, 0.1) is 24.2 Å². The topological polar surface area (TPSA) is 79.3 Å². The third-order valence-corrected chi connectivity index (χ3v) is 6.92. The molecule has 0 aliphatic heterocycles. The summed E-state index contributed by atoms with van der Waals surface area (Å²) in [4.78, 5) is 15.1. The minimum Gasteiger partial charge on any atom is -0.496 e. The SMILES string of the molecule is CCN(CC)C1CCC(Cc2cc(-c3ccc(C#N)cc3)ccc2OC)(C(N)=O)CC1. The summed E-state index contributed by atoms with van der Waals surface area (Å²) in [6.45, 7) is 6.45. The Hall–Kier alpha value is -2.84. The van der Waals surface area contributed by atoms with Crippen LogP contribution < -0.4 is 10.5 Å². The van der Waals surface area contributed by atoms with Gasteiger partial charge in [0.25, 0.3) is 0 Å². The summed E-state index contributed by atoms with van der Waals surface area (Å²) in [6, 6.07) is 16.3. The maximum atomic E-state index is 12.7. The highest BCUT2D eigenvalue weighted by Crippen LogP contribution is 2.42. The first-order valence-corrected chi connectivity index (χ1v) is 11.2. The number of nitrogens with two attached hydrogens (primary N) is 1. The Kier molecular flexibility index (Phi) is 7.35. The van der Waals surface area contributed by atoms with Crippen LogP contribution in [0.1, 0.15) is 50.7 Å². The summed E-state index contributed by atoms with van der Waals surface area (Å²) in [7, 11) is 1.66. The lowest BCUT2D eigenvalue weighted by Gasteiger charge is -2.41. The normalized spacial score (nSPS) is 20.9. The van der Waals surface area contributed by atoms with Crippen LogP contribution in [-0.2, 0) is 11.2 Å². The highest BCUT2D eigenvalue weighted by Gasteiger charge is 2.41. The summed E-state index contributed by atoms with van der Waals surface area (Å²) in [5.74, 6) is 0.570. The molecule has 0 spiro atoms. The minimum absolute atomic E-state index is 0.212. The smallest absolute Gasteiger partial charge is 0.223 e. The van der Waals surface area contributed by atoms with Gasteiger partial charge in [0.15, 0.2) is 0 Å². The number of primary amides is 1. The van der Waals surface area contributed by atoms with Crippen LogP contribution >= 0.6 is 0 Å². The number of nitriles is 1. The van der Waals surface area contributed by atoms with Gasteiger partial charge in [-0.15, -0.1) is 0 Å². The lowest BCUT2D eigenvalue weighted by molar-refractivity contribution is -0.130. The van der Waals surface area contributed by atoms with Crippen molar-refractivity contribution in [1.82, 2.24) is 4.90 Å². The fourth-order valence-corrected chi connectivity index (χ4v) is 4.97. The van der Waals surface area contributed by atoms with Gasteiger partial charge in [-0.2, -0.15) is 5.26 Å². The molecule has 5 heteroatoms. The van der Waals surface area contributed by atoms with E-state index in [0.29, 0.717) is 18.0 Å². The number of nitrogens with zero attached hydrogens (tertiary/aromatic N) is 2. The van der Waals surface area contributed by atoms with Crippen LogP contribution in [0.3, 0.4) is 0 Å². The van der Waals surface area contributed by atoms with E-state index in [4.69, 9.17) is 15.7 Å². The lowest BCUT2D eigenvalue weighted by Crippen LogP contribution is -2.47. The number of amides is 1. The van der Waals surface area contributed by atoms with E-state index in [1.807, 2.05) is 36.4 Å². The van der Waals surface area contributed by atoms with Crippen LogP contribution in [0.25, 0.3) is 11.1 Å². The second-order valence-corrected chi connectivity index (χ2v) is 8.49. The zero-order valence-electron chi connectivity index (χ0n) is 18.9. The van der Waals surface area contributed by atoms with Gasteiger partial charge in [0.2, 0.25) is 5.91 Å². The number of carbonyl (C=O) groups is 1. The molecule has 1 aliphatic rings. The molecular weight excluding hydrogens is 386 g/mol. The van der Waals surface area contributed by atoms with E-state index in [0.717, 1.165) is 61.2 Å². The molecular formula is C26H33N3O2. The van der Waals surface area contributed by atoms with Gasteiger partial charge in [0.1, 0.15) is 5.75 Å². The van der Waals surface area contributed by atoms with Crippen molar-refractivity contribution < 1.29 is 9.53 Å². The molecule has 5 nitrogen and oxygen atoms in total. The fraction of sp³-hybridized carbons (Fsp3) is 0.462. The van der Waals surface area contributed by atoms with Crippen LogP contribution in [-0.4, -0.2) is 37.0 Å². The van der Waals surface area contributed by atoms with Crippen molar-refractivity contribution in [3.05, 3.63) is 53.6 Å². The Bertz CT molecular complexity index is 934. The van der Waals surface area contributed by atoms with E-state index in [9.17, 15) is 4.79 Å². The second-order valence-electron chi connectivity index (χ2n) is 8.49. The lowest BCUT2D eigenvalue weighted by atomic mass is 9.68. The van der Waals surface area contributed by atoms with Crippen molar-refractivity contribution in [2.45, 2.75) is 52.0 Å². The van der Waals surface area contributed by atoms with Gasteiger partial charge in [-0.1, -0.05) is 32.0 Å². The monoisotopic (exact) mass is 419 g/mol. The number of rotatable bonds is 8. The van der Waals surface area contributed by atoms with Crippen LogP contribution in [0.4, 0.5) is 0 Å². The Morgan fingerprint density at radius 1 is 1.13 bits per heavy atom. The van der Waals surface area contributed by atoms with Gasteiger partial charge in [0, 0.05) is 6.04 Å². The highest BCUT2D eigenvalue weighted by atomic mass is 16.5. The van der Waals surface area contributed by atoms with Gasteiger partial charge >= 0.3 is 0 Å². The van der Waals surface area contributed by atoms with E-state index in [-0.39, 0.29) is 5.91 Å². The molecule has 0 bridgehead atoms. The van der Waals surface area contributed by atoms with Crippen molar-refractivity contribution in [2.24, 2.45) is 11.1 Å². The first-order chi connectivity index (χ1) is 15.0. The van der Waals surface area contributed by atoms with Gasteiger partial charge in [-0.25, -0.2) is 0 Å². The molecule has 1 fully saturated rings. The molecule has 31 heavy (non-hydrogen) atoms. The number of benzene rings is 2. The Morgan fingerprint density at radius 3 is 2.26 bits per heavy atom. The largest absolute Gasteiger partial charge is 0.496 e. The number of ether oxygens (including phenoxy) is 1. The molecule has 0 atom stereocenters. The molecule has 1 saturated carbocycles. The molecule has 1 amide bonds. The molecule has 164 valence electrons. The highest BCUT2D eigenvalue weighted by molar-refractivity contribution is 5.81. The average molecular weight is 420 g/mol. The van der Waals surface area contributed by atoms with E-state index in [1.165, 1.54) is 0 Å². The molecule has 2 N–H and O–H groups in total. The van der Waals surface area contributed by atoms with Crippen LogP contribution in [0, 0.1) is 16.7 Å². The Morgan fingerprint density at radius 2 is 1.74 bits per heavy atom. The fourth-order valence-electron chi connectivity index (χ4n) is 4.97. The standard InChI is InChI=1S/C26H33N3O2/c1-4-29(5-2)23-12-14-26(15-13-23,25(28)30)17-22-16-21(10-11-24(22)31-3)20-8-6-19(18-27)7-9-20/h6-11,16,23H,4-5,12-15,17H2,1-3H3,(H2,28,30). The van der Waals surface area contributed by atoms with Crippen molar-refractivity contribution in [1.29, 1.82) is 5.26 Å². The summed E-state index contributed by atoms with van der Waals surface area (Å²) >= 11 is 0.